The maximum atomic E-state index is 11.7. The maximum absolute atomic E-state index is 11.7. The number of carbonyl (C=O) groups excluding carboxylic acids is 1. The van der Waals surface area contributed by atoms with Crippen molar-refractivity contribution in [3.8, 4) is 11.5 Å². The van der Waals surface area contributed by atoms with Crippen LogP contribution in [-0.4, -0.2) is 35.9 Å². The van der Waals surface area contributed by atoms with Gasteiger partial charge >= 0.3 is 5.97 Å². The Morgan fingerprint density at radius 3 is 2.58 bits per heavy atom. The van der Waals surface area contributed by atoms with E-state index in [9.17, 15) is 9.59 Å². The number of hydrazone groups is 1. The minimum atomic E-state index is -1.04. The Labute approximate surface area is 155 Å². The first-order valence-electron chi connectivity index (χ1n) is 7.64. The molecule has 1 amide bonds. The van der Waals surface area contributed by atoms with E-state index in [1.807, 2.05) is 0 Å². The zero-order valence-corrected chi connectivity index (χ0v) is 14.6. The highest BCUT2D eigenvalue weighted by Gasteiger charge is 2.11. The molecule has 0 aliphatic heterocycles. The molecule has 1 atom stereocenters. The summed E-state index contributed by atoms with van der Waals surface area (Å²) >= 11 is 5.92. The minimum absolute atomic E-state index is 0.221. The third-order valence-electron chi connectivity index (χ3n) is 3.14. The minimum Gasteiger partial charge on any atom is -0.482 e. The van der Waals surface area contributed by atoms with E-state index >= 15 is 0 Å². The molecular weight excluding hydrogens is 360 g/mol. The quantitative estimate of drug-likeness (QED) is 0.545. The summed E-state index contributed by atoms with van der Waals surface area (Å²) in [5, 5.41) is 13.0. The fraction of sp³-hybridized carbons (Fsp3) is 0.167. The molecule has 2 rings (SSSR count). The van der Waals surface area contributed by atoms with Crippen molar-refractivity contribution in [3.05, 3.63) is 59.1 Å². The molecule has 0 fully saturated rings. The summed E-state index contributed by atoms with van der Waals surface area (Å²) in [6.45, 7) is 1.22. The summed E-state index contributed by atoms with van der Waals surface area (Å²) in [6, 6.07) is 13.4. The van der Waals surface area contributed by atoms with Gasteiger partial charge in [-0.25, -0.2) is 10.2 Å². The number of hydrogen-bond donors (Lipinski definition) is 2. The molecule has 0 saturated heterocycles. The predicted octanol–water partition coefficient (Wildman–Crippen LogP) is 2.72. The van der Waals surface area contributed by atoms with Crippen LogP contribution in [0.4, 0.5) is 0 Å². The molecular formula is C18H17ClN2O5. The lowest BCUT2D eigenvalue weighted by Crippen LogP contribution is -2.24. The summed E-state index contributed by atoms with van der Waals surface area (Å²) in [6.07, 6.45) is 0.504. The van der Waals surface area contributed by atoms with E-state index < -0.39 is 18.0 Å². The van der Waals surface area contributed by atoms with Gasteiger partial charge in [-0.15, -0.1) is 0 Å². The molecule has 2 aromatic carbocycles. The van der Waals surface area contributed by atoms with Crippen molar-refractivity contribution in [1.29, 1.82) is 0 Å². The first-order chi connectivity index (χ1) is 12.5. The Morgan fingerprint density at radius 2 is 1.92 bits per heavy atom. The van der Waals surface area contributed by atoms with Gasteiger partial charge in [0.05, 0.1) is 11.2 Å². The van der Waals surface area contributed by atoms with Crippen LogP contribution in [0.25, 0.3) is 0 Å². The number of ether oxygens (including phenoxy) is 2. The Balaban J connectivity index is 1.79. The SMILES string of the molecule is C[C@H](Oc1ccc(/C=N/NC(=O)COc2ccccc2Cl)cc1)C(=O)O. The van der Waals surface area contributed by atoms with Crippen molar-refractivity contribution in [1.82, 2.24) is 5.43 Å². The average molecular weight is 377 g/mol. The first-order valence-corrected chi connectivity index (χ1v) is 8.02. The molecule has 0 unspecified atom stereocenters. The Bertz CT molecular complexity index is 792. The lowest BCUT2D eigenvalue weighted by molar-refractivity contribution is -0.144. The second kappa shape index (κ2) is 9.43. The lowest BCUT2D eigenvalue weighted by Gasteiger charge is -2.09. The van der Waals surface area contributed by atoms with Crippen LogP contribution in [0.5, 0.6) is 11.5 Å². The molecule has 0 aliphatic carbocycles. The van der Waals surface area contributed by atoms with E-state index in [0.29, 0.717) is 22.1 Å². The van der Waals surface area contributed by atoms with Gasteiger partial charge in [0.1, 0.15) is 11.5 Å². The Kier molecular flexibility index (Phi) is 6.99. The van der Waals surface area contributed by atoms with Crippen LogP contribution in [0.2, 0.25) is 5.02 Å². The van der Waals surface area contributed by atoms with Crippen molar-refractivity contribution in [2.75, 3.05) is 6.61 Å². The third kappa shape index (κ3) is 6.10. The molecule has 2 N–H and O–H groups in total. The van der Waals surface area contributed by atoms with Crippen molar-refractivity contribution >= 4 is 29.7 Å². The fourth-order valence-electron chi connectivity index (χ4n) is 1.80. The molecule has 0 saturated carbocycles. The average Bonchev–Trinajstić information content (AvgIpc) is 2.62. The summed E-state index contributed by atoms with van der Waals surface area (Å²) in [4.78, 5) is 22.4. The van der Waals surface area contributed by atoms with Crippen LogP contribution in [0, 0.1) is 0 Å². The molecule has 136 valence electrons. The molecule has 0 spiro atoms. The number of carboxylic acids is 1. The summed E-state index contributed by atoms with van der Waals surface area (Å²) in [5.41, 5.74) is 3.04. The number of benzene rings is 2. The van der Waals surface area contributed by atoms with Gasteiger partial charge in [0, 0.05) is 0 Å². The molecule has 0 radical (unpaired) electrons. The highest BCUT2D eigenvalue weighted by molar-refractivity contribution is 6.32. The van der Waals surface area contributed by atoms with Crippen LogP contribution >= 0.6 is 11.6 Å². The number of nitrogens with zero attached hydrogens (tertiary/aromatic N) is 1. The lowest BCUT2D eigenvalue weighted by atomic mass is 10.2. The second-order valence-corrected chi connectivity index (χ2v) is 5.59. The molecule has 26 heavy (non-hydrogen) atoms. The van der Waals surface area contributed by atoms with Gasteiger partial charge in [-0.2, -0.15) is 5.10 Å². The Hall–Kier alpha value is -3.06. The van der Waals surface area contributed by atoms with E-state index in [-0.39, 0.29) is 6.61 Å². The predicted molar refractivity (Wildman–Crippen MR) is 96.9 cm³/mol. The van der Waals surface area contributed by atoms with Gasteiger partial charge in [0.25, 0.3) is 5.91 Å². The summed E-state index contributed by atoms with van der Waals surface area (Å²) < 4.78 is 10.5. The van der Waals surface area contributed by atoms with Gasteiger partial charge < -0.3 is 14.6 Å². The second-order valence-electron chi connectivity index (χ2n) is 5.18. The van der Waals surface area contributed by atoms with Crippen molar-refractivity contribution in [2.24, 2.45) is 5.10 Å². The first kappa shape index (κ1) is 19.3. The molecule has 0 bridgehead atoms. The number of para-hydroxylation sites is 1. The molecule has 0 aromatic heterocycles. The number of rotatable bonds is 8. The number of hydrogen-bond acceptors (Lipinski definition) is 5. The zero-order chi connectivity index (χ0) is 18.9. The maximum Gasteiger partial charge on any atom is 0.344 e. The largest absolute Gasteiger partial charge is 0.482 e. The highest BCUT2D eigenvalue weighted by Crippen LogP contribution is 2.22. The number of carboxylic acid groups (broad SMARTS) is 1. The number of nitrogens with one attached hydrogen (secondary N) is 1. The van der Waals surface area contributed by atoms with Gasteiger partial charge in [-0.3, -0.25) is 4.79 Å². The highest BCUT2D eigenvalue weighted by atomic mass is 35.5. The van der Waals surface area contributed by atoms with Gasteiger partial charge in [0.15, 0.2) is 12.7 Å². The van der Waals surface area contributed by atoms with E-state index in [1.54, 1.807) is 48.5 Å². The van der Waals surface area contributed by atoms with Crippen molar-refractivity contribution < 1.29 is 24.2 Å². The van der Waals surface area contributed by atoms with Crippen LogP contribution in [0.15, 0.2) is 53.6 Å². The van der Waals surface area contributed by atoms with E-state index in [4.69, 9.17) is 26.2 Å². The zero-order valence-electron chi connectivity index (χ0n) is 13.9. The van der Waals surface area contributed by atoms with Crippen LogP contribution in [0.1, 0.15) is 12.5 Å². The number of aliphatic carboxylic acids is 1. The van der Waals surface area contributed by atoms with Crippen LogP contribution in [0.3, 0.4) is 0 Å². The van der Waals surface area contributed by atoms with E-state index in [2.05, 4.69) is 10.5 Å². The topological polar surface area (TPSA) is 97.2 Å². The smallest absolute Gasteiger partial charge is 0.344 e. The number of amides is 1. The van der Waals surface area contributed by atoms with E-state index in [1.165, 1.54) is 13.1 Å². The molecule has 0 aliphatic rings. The fourth-order valence-corrected chi connectivity index (χ4v) is 1.99. The van der Waals surface area contributed by atoms with Gasteiger partial charge in [-0.1, -0.05) is 23.7 Å². The number of carbonyl (C=O) groups is 2. The molecule has 2 aromatic rings. The molecule has 8 heteroatoms. The van der Waals surface area contributed by atoms with Crippen LogP contribution < -0.4 is 14.9 Å². The summed E-state index contributed by atoms with van der Waals surface area (Å²) in [5.74, 6) is -0.637. The molecule has 0 heterocycles. The van der Waals surface area contributed by atoms with Crippen molar-refractivity contribution in [3.63, 3.8) is 0 Å². The monoisotopic (exact) mass is 376 g/mol. The third-order valence-corrected chi connectivity index (χ3v) is 3.45. The van der Waals surface area contributed by atoms with Crippen molar-refractivity contribution in [2.45, 2.75) is 13.0 Å². The van der Waals surface area contributed by atoms with Gasteiger partial charge in [0.2, 0.25) is 0 Å². The molecule has 7 nitrogen and oxygen atoms in total. The normalized spacial score (nSPS) is 11.8. The number of halogens is 1. The standard InChI is InChI=1S/C18H17ClN2O5/c1-12(18(23)24)26-14-8-6-13(7-9-14)10-20-21-17(22)11-25-16-5-3-2-4-15(16)19/h2-10,12H,11H2,1H3,(H,21,22)(H,23,24)/b20-10+/t12-/m0/s1. The van der Waals surface area contributed by atoms with Gasteiger partial charge in [-0.05, 0) is 48.9 Å². The van der Waals surface area contributed by atoms with Crippen LogP contribution in [-0.2, 0) is 9.59 Å². The summed E-state index contributed by atoms with van der Waals surface area (Å²) in [7, 11) is 0. The van der Waals surface area contributed by atoms with E-state index in [0.717, 1.165) is 0 Å². The Morgan fingerprint density at radius 1 is 1.23 bits per heavy atom.